The number of Topliss-reactive ketones (excluding diaryl/α,β-unsaturated/α-hetero) is 1. The van der Waals surface area contributed by atoms with Crippen LogP contribution in [0, 0.1) is 0 Å². The van der Waals surface area contributed by atoms with E-state index in [1.807, 2.05) is 51.2 Å². The molecule has 1 aromatic rings. The summed E-state index contributed by atoms with van der Waals surface area (Å²) in [5, 5.41) is 3.12. The number of hydrogen-bond donors (Lipinski definition) is 1. The minimum absolute atomic E-state index is 0.132. The summed E-state index contributed by atoms with van der Waals surface area (Å²) in [6.07, 6.45) is 0.521. The maximum absolute atomic E-state index is 11.8. The number of rotatable bonds is 4. The average Bonchev–Trinajstić information content (AvgIpc) is 2.19. The number of carbonyl (C=O) groups is 1. The number of carbonyl (C=O) groups excluding carboxylic acids is 1. The molecule has 0 amide bonds. The summed E-state index contributed by atoms with van der Waals surface area (Å²) < 4.78 is 0. The number of ketones is 1. The van der Waals surface area contributed by atoms with Crippen molar-refractivity contribution in [3.8, 4) is 0 Å². The van der Waals surface area contributed by atoms with Crippen LogP contribution in [0.1, 0.15) is 30.6 Å². The predicted molar refractivity (Wildman–Crippen MR) is 58.5 cm³/mol. The fourth-order valence-electron chi connectivity index (χ4n) is 1.22. The molecule has 0 bridgehead atoms. The van der Waals surface area contributed by atoms with Crippen molar-refractivity contribution in [3.05, 3.63) is 35.9 Å². The highest BCUT2D eigenvalue weighted by molar-refractivity contribution is 5.96. The number of nitrogens with one attached hydrogen (secondary N) is 1. The molecule has 0 aliphatic rings. The van der Waals surface area contributed by atoms with Crippen LogP contribution in [0.25, 0.3) is 0 Å². The van der Waals surface area contributed by atoms with Crippen LogP contribution in [0.3, 0.4) is 0 Å². The van der Waals surface area contributed by atoms with E-state index in [-0.39, 0.29) is 11.3 Å². The molecular formula is C12H17NO. The molecule has 0 radical (unpaired) electrons. The van der Waals surface area contributed by atoms with E-state index < -0.39 is 0 Å². The van der Waals surface area contributed by atoms with Crippen molar-refractivity contribution < 1.29 is 4.79 Å². The lowest BCUT2D eigenvalue weighted by molar-refractivity contribution is 0.0951. The molecule has 1 N–H and O–H groups in total. The van der Waals surface area contributed by atoms with Gasteiger partial charge in [-0.3, -0.25) is 4.79 Å². The van der Waals surface area contributed by atoms with Crippen LogP contribution in [0.5, 0.6) is 0 Å². The Kier molecular flexibility index (Phi) is 3.42. The first kappa shape index (κ1) is 10.9. The Balaban J connectivity index is 2.69. The molecule has 0 atom stereocenters. The Morgan fingerprint density at radius 1 is 1.29 bits per heavy atom. The van der Waals surface area contributed by atoms with Crippen LogP contribution in [0.2, 0.25) is 0 Å². The van der Waals surface area contributed by atoms with Gasteiger partial charge >= 0.3 is 0 Å². The highest BCUT2D eigenvalue weighted by Gasteiger charge is 2.19. The monoisotopic (exact) mass is 191 g/mol. The molecule has 0 heterocycles. The van der Waals surface area contributed by atoms with E-state index in [2.05, 4.69) is 5.32 Å². The third-order valence-corrected chi connectivity index (χ3v) is 2.38. The second kappa shape index (κ2) is 4.38. The van der Waals surface area contributed by atoms with Crippen molar-refractivity contribution in [1.29, 1.82) is 0 Å². The zero-order valence-corrected chi connectivity index (χ0v) is 9.00. The third kappa shape index (κ3) is 2.96. The highest BCUT2D eigenvalue weighted by Crippen LogP contribution is 2.12. The molecule has 0 saturated carbocycles. The number of benzene rings is 1. The molecule has 2 nitrogen and oxygen atoms in total. The molecule has 0 aliphatic carbocycles. The largest absolute Gasteiger partial charge is 0.314 e. The smallest absolute Gasteiger partial charge is 0.164 e. The first-order valence-electron chi connectivity index (χ1n) is 4.82. The van der Waals surface area contributed by atoms with E-state index in [1.165, 1.54) is 0 Å². The van der Waals surface area contributed by atoms with Gasteiger partial charge in [0, 0.05) is 17.5 Å². The fraction of sp³-hybridized carbons (Fsp3) is 0.417. The van der Waals surface area contributed by atoms with Gasteiger partial charge in [0.1, 0.15) is 0 Å². The van der Waals surface area contributed by atoms with Gasteiger partial charge in [0.05, 0.1) is 0 Å². The average molecular weight is 191 g/mol. The lowest BCUT2D eigenvalue weighted by atomic mass is 9.94. The Hall–Kier alpha value is -1.15. The summed E-state index contributed by atoms with van der Waals surface area (Å²) in [6.45, 7) is 4.04. The van der Waals surface area contributed by atoms with Crippen LogP contribution in [-0.2, 0) is 0 Å². The SMILES string of the molecule is CNC(C)(C)CC(=O)c1ccccc1. The van der Waals surface area contributed by atoms with Crippen molar-refractivity contribution in [2.45, 2.75) is 25.8 Å². The van der Waals surface area contributed by atoms with E-state index in [0.717, 1.165) is 5.56 Å². The van der Waals surface area contributed by atoms with Crippen LogP contribution >= 0.6 is 0 Å². The summed E-state index contributed by atoms with van der Waals surface area (Å²) in [6, 6.07) is 9.40. The van der Waals surface area contributed by atoms with Gasteiger partial charge in [-0.25, -0.2) is 0 Å². The Morgan fingerprint density at radius 3 is 2.36 bits per heavy atom. The van der Waals surface area contributed by atoms with Crippen molar-refractivity contribution in [2.24, 2.45) is 0 Å². The molecule has 0 fully saturated rings. The minimum atomic E-state index is -0.132. The van der Waals surface area contributed by atoms with E-state index in [4.69, 9.17) is 0 Å². The van der Waals surface area contributed by atoms with Gasteiger partial charge in [0.15, 0.2) is 5.78 Å². The first-order chi connectivity index (χ1) is 6.55. The molecule has 0 unspecified atom stereocenters. The highest BCUT2D eigenvalue weighted by atomic mass is 16.1. The molecule has 0 spiro atoms. The van der Waals surface area contributed by atoms with Crippen molar-refractivity contribution in [2.75, 3.05) is 7.05 Å². The lowest BCUT2D eigenvalue weighted by Crippen LogP contribution is -2.38. The lowest BCUT2D eigenvalue weighted by Gasteiger charge is -2.22. The molecule has 1 rings (SSSR count). The normalized spacial score (nSPS) is 11.4. The quantitative estimate of drug-likeness (QED) is 0.740. The van der Waals surface area contributed by atoms with Gasteiger partial charge in [0.25, 0.3) is 0 Å². The minimum Gasteiger partial charge on any atom is -0.314 e. The molecule has 2 heteroatoms. The second-order valence-corrected chi connectivity index (χ2v) is 4.10. The van der Waals surface area contributed by atoms with E-state index in [9.17, 15) is 4.79 Å². The van der Waals surface area contributed by atoms with Gasteiger partial charge in [-0.15, -0.1) is 0 Å². The fourth-order valence-corrected chi connectivity index (χ4v) is 1.22. The van der Waals surface area contributed by atoms with Crippen molar-refractivity contribution in [3.63, 3.8) is 0 Å². The van der Waals surface area contributed by atoms with Gasteiger partial charge in [0.2, 0.25) is 0 Å². The molecule has 14 heavy (non-hydrogen) atoms. The van der Waals surface area contributed by atoms with Crippen LogP contribution in [0.15, 0.2) is 30.3 Å². The summed E-state index contributed by atoms with van der Waals surface area (Å²) in [4.78, 5) is 11.8. The summed E-state index contributed by atoms with van der Waals surface area (Å²) >= 11 is 0. The molecule has 1 aromatic carbocycles. The molecule has 76 valence electrons. The summed E-state index contributed by atoms with van der Waals surface area (Å²) in [7, 11) is 1.87. The maximum Gasteiger partial charge on any atom is 0.164 e. The second-order valence-electron chi connectivity index (χ2n) is 4.10. The zero-order valence-electron chi connectivity index (χ0n) is 9.00. The van der Waals surface area contributed by atoms with Gasteiger partial charge in [-0.2, -0.15) is 0 Å². The first-order valence-corrected chi connectivity index (χ1v) is 4.82. The van der Waals surface area contributed by atoms with E-state index in [0.29, 0.717) is 6.42 Å². The van der Waals surface area contributed by atoms with Crippen LogP contribution in [-0.4, -0.2) is 18.4 Å². The van der Waals surface area contributed by atoms with Crippen molar-refractivity contribution in [1.82, 2.24) is 5.32 Å². The molecule has 0 saturated heterocycles. The van der Waals surface area contributed by atoms with Crippen molar-refractivity contribution >= 4 is 5.78 Å². The Labute approximate surface area is 85.3 Å². The predicted octanol–water partition coefficient (Wildman–Crippen LogP) is 2.26. The standard InChI is InChI=1S/C12H17NO/c1-12(2,13-3)9-11(14)10-7-5-4-6-8-10/h4-8,13H,9H2,1-3H3. The zero-order chi connectivity index (χ0) is 10.6. The van der Waals surface area contributed by atoms with Crippen LogP contribution < -0.4 is 5.32 Å². The van der Waals surface area contributed by atoms with E-state index >= 15 is 0 Å². The van der Waals surface area contributed by atoms with E-state index in [1.54, 1.807) is 0 Å². The Morgan fingerprint density at radius 2 is 1.86 bits per heavy atom. The maximum atomic E-state index is 11.8. The number of hydrogen-bond acceptors (Lipinski definition) is 2. The van der Waals surface area contributed by atoms with Gasteiger partial charge in [-0.05, 0) is 20.9 Å². The van der Waals surface area contributed by atoms with Gasteiger partial charge in [-0.1, -0.05) is 30.3 Å². The molecule has 0 aromatic heterocycles. The van der Waals surface area contributed by atoms with Crippen LogP contribution in [0.4, 0.5) is 0 Å². The summed E-state index contributed by atoms with van der Waals surface area (Å²) in [5.41, 5.74) is 0.656. The Bertz CT molecular complexity index is 303. The third-order valence-electron chi connectivity index (χ3n) is 2.38. The van der Waals surface area contributed by atoms with Gasteiger partial charge < -0.3 is 5.32 Å². The molecule has 0 aliphatic heterocycles. The molecular weight excluding hydrogens is 174 g/mol. The summed E-state index contributed by atoms with van der Waals surface area (Å²) in [5.74, 6) is 0.185. The topological polar surface area (TPSA) is 29.1 Å².